The van der Waals surface area contributed by atoms with E-state index in [2.05, 4.69) is 124 Å². The fourth-order valence-electron chi connectivity index (χ4n) is 3.15. The van der Waals surface area contributed by atoms with Crippen LogP contribution in [0.25, 0.3) is 0 Å². The first-order chi connectivity index (χ1) is 15.1. The first-order valence-electron chi connectivity index (χ1n) is 12.3. The van der Waals surface area contributed by atoms with E-state index in [1.807, 2.05) is 26.0 Å². The Morgan fingerprint density at radius 2 is 1.39 bits per heavy atom. The summed E-state index contributed by atoms with van der Waals surface area (Å²) in [7, 11) is 2.19. The summed E-state index contributed by atoms with van der Waals surface area (Å²) in [5, 5.41) is 0. The Morgan fingerprint density at radius 1 is 0.939 bits per heavy atom. The summed E-state index contributed by atoms with van der Waals surface area (Å²) < 4.78 is 0.801. The van der Waals surface area contributed by atoms with E-state index in [1.165, 1.54) is 11.1 Å². The van der Waals surface area contributed by atoms with Crippen LogP contribution < -0.4 is 0 Å². The van der Waals surface area contributed by atoms with Gasteiger partial charge >= 0.3 is 0 Å². The Balaban J connectivity index is 0.000000586. The average Bonchev–Trinajstić information content (AvgIpc) is 3.02. The average molecular weight is 452 g/mol. The molecule has 1 heterocycles. The minimum absolute atomic E-state index is 0.0550. The zero-order valence-electron chi connectivity index (χ0n) is 23.5. The Bertz CT molecular complexity index is 820. The minimum atomic E-state index is 0.0550. The second kappa shape index (κ2) is 12.3. The van der Waals surface area contributed by atoms with Crippen LogP contribution in [0.2, 0.25) is 0 Å². The van der Waals surface area contributed by atoms with Crippen molar-refractivity contribution in [1.82, 2.24) is 0 Å². The van der Waals surface area contributed by atoms with Crippen LogP contribution in [0.4, 0.5) is 0 Å². The molecule has 0 saturated carbocycles. The minimum Gasteiger partial charge on any atom is -0.285 e. The normalized spacial score (nSPS) is 22.9. The van der Waals surface area contributed by atoms with Crippen molar-refractivity contribution in [2.45, 2.75) is 81.2 Å². The molecule has 0 saturated heterocycles. The molecule has 1 aliphatic carbocycles. The van der Waals surface area contributed by atoms with Crippen LogP contribution in [0.15, 0.2) is 90.3 Å². The number of hydrogen-bond donors (Lipinski definition) is 0. The number of hydrogen-bond acceptors (Lipinski definition) is 1. The molecule has 0 radical (unpaired) electrons. The van der Waals surface area contributed by atoms with Crippen molar-refractivity contribution >= 4 is 5.71 Å². The molecule has 33 heavy (non-hydrogen) atoms. The van der Waals surface area contributed by atoms with Crippen LogP contribution in [-0.4, -0.2) is 29.3 Å². The van der Waals surface area contributed by atoms with Crippen molar-refractivity contribution in [2.75, 3.05) is 13.6 Å². The predicted molar refractivity (Wildman–Crippen MR) is 151 cm³/mol. The van der Waals surface area contributed by atoms with E-state index in [0.29, 0.717) is 0 Å². The monoisotopic (exact) mass is 451 g/mol. The van der Waals surface area contributed by atoms with Gasteiger partial charge in [-0.3, -0.25) is 9.48 Å². The Labute approximate surface area is 206 Å². The molecule has 0 aromatic heterocycles. The molecule has 0 N–H and O–H groups in total. The van der Waals surface area contributed by atoms with Crippen molar-refractivity contribution in [3.63, 3.8) is 0 Å². The molecule has 1 unspecified atom stereocenters. The summed E-state index contributed by atoms with van der Waals surface area (Å²) in [4.78, 5) is 4.57. The van der Waals surface area contributed by atoms with E-state index >= 15 is 0 Å². The molecular formula is C31H51N2+. The Kier molecular flexibility index (Phi) is 11.5. The van der Waals surface area contributed by atoms with E-state index in [0.717, 1.165) is 28.7 Å². The highest BCUT2D eigenvalue weighted by Gasteiger charge is 2.37. The van der Waals surface area contributed by atoms with Gasteiger partial charge in [0, 0.05) is 23.1 Å². The number of allylic oxidation sites excluding steroid dienone is 9. The maximum absolute atomic E-state index is 4.57. The Morgan fingerprint density at radius 3 is 1.76 bits per heavy atom. The lowest BCUT2D eigenvalue weighted by Crippen LogP contribution is -2.47. The SMILES string of the molecule is C=C1C=CC(C)(C(C)(C)C)C=CC1=NCCC.C=CC1=C[N+](C)(C(C)(C)C)C=C1C=C.CC. The zero-order chi connectivity index (χ0) is 26.1. The van der Waals surface area contributed by atoms with Crippen molar-refractivity contribution in [2.24, 2.45) is 15.8 Å². The van der Waals surface area contributed by atoms with Crippen molar-refractivity contribution in [3.8, 4) is 0 Å². The van der Waals surface area contributed by atoms with E-state index in [9.17, 15) is 0 Å². The first kappa shape index (κ1) is 30.8. The van der Waals surface area contributed by atoms with Crippen LogP contribution in [0, 0.1) is 10.8 Å². The molecule has 0 bridgehead atoms. The number of nitrogens with zero attached hydrogens (tertiary/aromatic N) is 2. The molecule has 2 aliphatic rings. The number of quaternary nitrogens is 1. The molecule has 184 valence electrons. The van der Waals surface area contributed by atoms with E-state index < -0.39 is 0 Å². The van der Waals surface area contributed by atoms with Crippen LogP contribution in [0.5, 0.6) is 0 Å². The molecule has 0 aromatic carbocycles. The lowest BCUT2D eigenvalue weighted by atomic mass is 9.68. The van der Waals surface area contributed by atoms with Gasteiger partial charge in [-0.25, -0.2) is 0 Å². The quantitative estimate of drug-likeness (QED) is 0.378. The summed E-state index contributed by atoms with van der Waals surface area (Å²) in [6, 6.07) is 0. The van der Waals surface area contributed by atoms with Crippen molar-refractivity contribution in [3.05, 3.63) is 85.3 Å². The topological polar surface area (TPSA) is 12.4 Å². The van der Waals surface area contributed by atoms with E-state index in [-0.39, 0.29) is 16.4 Å². The lowest BCUT2D eigenvalue weighted by Gasteiger charge is -2.37. The summed E-state index contributed by atoms with van der Waals surface area (Å²) in [5.41, 5.74) is 4.81. The molecule has 0 spiro atoms. The smallest absolute Gasteiger partial charge is 0.109 e. The fourth-order valence-corrected chi connectivity index (χ4v) is 3.15. The summed E-state index contributed by atoms with van der Waals surface area (Å²) in [5.74, 6) is 0. The van der Waals surface area contributed by atoms with Gasteiger partial charge in [0.2, 0.25) is 0 Å². The van der Waals surface area contributed by atoms with Gasteiger partial charge in [-0.2, -0.15) is 0 Å². The van der Waals surface area contributed by atoms with Crippen LogP contribution >= 0.6 is 0 Å². The maximum Gasteiger partial charge on any atom is 0.109 e. The number of aliphatic imine (C=N–C) groups is 1. The largest absolute Gasteiger partial charge is 0.285 e. The zero-order valence-corrected chi connectivity index (χ0v) is 23.5. The van der Waals surface area contributed by atoms with Crippen molar-refractivity contribution < 1.29 is 4.48 Å². The third kappa shape index (κ3) is 7.96. The molecular weight excluding hydrogens is 400 g/mol. The van der Waals surface area contributed by atoms with Gasteiger partial charge in [0.25, 0.3) is 0 Å². The third-order valence-corrected chi connectivity index (χ3v) is 6.70. The Hall–Kier alpha value is -2.19. The molecule has 0 aromatic rings. The van der Waals surface area contributed by atoms with Crippen molar-refractivity contribution in [1.29, 1.82) is 0 Å². The highest BCUT2D eigenvalue weighted by molar-refractivity contribution is 6.10. The molecule has 2 heteroatoms. The summed E-state index contributed by atoms with van der Waals surface area (Å²) in [6.07, 6.45) is 18.1. The van der Waals surface area contributed by atoms with E-state index in [4.69, 9.17) is 0 Å². The molecule has 0 fully saturated rings. The van der Waals surface area contributed by atoms with Crippen LogP contribution in [0.3, 0.4) is 0 Å². The molecule has 2 nitrogen and oxygen atoms in total. The fraction of sp³-hybridized carbons (Fsp3) is 0.516. The van der Waals surface area contributed by atoms with Gasteiger partial charge in [-0.1, -0.05) is 98.6 Å². The van der Waals surface area contributed by atoms with Crippen LogP contribution in [0.1, 0.15) is 75.7 Å². The van der Waals surface area contributed by atoms with Gasteiger partial charge in [-0.15, -0.1) is 0 Å². The second-order valence-corrected chi connectivity index (χ2v) is 10.9. The third-order valence-electron chi connectivity index (χ3n) is 6.70. The van der Waals surface area contributed by atoms with Gasteiger partial charge in [-0.05, 0) is 44.3 Å². The number of rotatable bonds is 4. The highest BCUT2D eigenvalue weighted by Crippen LogP contribution is 2.42. The standard InChI is InChI=1S/C16H25N.C13H20N.C2H6/c1-7-12-17-14-9-11-16(6,15(3,4)5)10-8-13(14)2;1-7-11-9-14(6,13(3,4)5)10-12(11)8-2;1-2/h8-11H,2,7,12H2,1,3-6H3;7-10H,1-2H2,3-6H3;1-2H3/q;+1;. The predicted octanol–water partition coefficient (Wildman–Crippen LogP) is 8.98. The van der Waals surface area contributed by atoms with Gasteiger partial charge < -0.3 is 0 Å². The summed E-state index contributed by atoms with van der Waals surface area (Å²) in [6.45, 7) is 34.5. The summed E-state index contributed by atoms with van der Waals surface area (Å²) >= 11 is 0. The maximum atomic E-state index is 4.57. The van der Waals surface area contributed by atoms with Gasteiger partial charge in [0.1, 0.15) is 12.4 Å². The first-order valence-corrected chi connectivity index (χ1v) is 12.3. The van der Waals surface area contributed by atoms with E-state index in [1.54, 1.807) is 0 Å². The van der Waals surface area contributed by atoms with Gasteiger partial charge in [0.05, 0.1) is 18.3 Å². The molecule has 1 atom stereocenters. The molecule has 2 rings (SSSR count). The second-order valence-electron chi connectivity index (χ2n) is 10.9. The van der Waals surface area contributed by atoms with Gasteiger partial charge in [0.15, 0.2) is 0 Å². The van der Waals surface area contributed by atoms with Crippen LogP contribution in [-0.2, 0) is 0 Å². The molecule has 1 aliphatic heterocycles. The lowest BCUT2D eigenvalue weighted by molar-refractivity contribution is -0.855. The molecule has 0 amide bonds. The highest BCUT2D eigenvalue weighted by atomic mass is 15.4.